The zero-order valence-electron chi connectivity index (χ0n) is 9.93. The average Bonchev–Trinajstić information content (AvgIpc) is 2.94. The van der Waals surface area contributed by atoms with Gasteiger partial charge in [0.2, 0.25) is 0 Å². The Labute approximate surface area is 110 Å². The van der Waals surface area contributed by atoms with Crippen LogP contribution in [-0.4, -0.2) is 20.0 Å². The van der Waals surface area contributed by atoms with E-state index in [9.17, 15) is 0 Å². The number of alkyl halides is 1. The molecule has 0 aliphatic rings. The zero-order chi connectivity index (χ0) is 12.3. The Morgan fingerprint density at radius 3 is 3.00 bits per heavy atom. The molecule has 17 heavy (non-hydrogen) atoms. The van der Waals surface area contributed by atoms with Crippen LogP contribution < -0.4 is 0 Å². The first-order chi connectivity index (χ1) is 8.20. The molecule has 2 aromatic rings. The molecule has 6 heteroatoms. The first-order valence-electron chi connectivity index (χ1n) is 5.63. The predicted molar refractivity (Wildman–Crippen MR) is 69.5 cm³/mol. The second kappa shape index (κ2) is 5.60. The van der Waals surface area contributed by atoms with Gasteiger partial charge in [0.15, 0.2) is 0 Å². The van der Waals surface area contributed by atoms with E-state index in [0.29, 0.717) is 0 Å². The van der Waals surface area contributed by atoms with Crippen molar-refractivity contribution in [2.45, 2.75) is 38.6 Å². The average molecular weight is 271 g/mol. The van der Waals surface area contributed by atoms with Crippen molar-refractivity contribution in [1.82, 2.24) is 20.0 Å². The van der Waals surface area contributed by atoms with Crippen molar-refractivity contribution >= 4 is 22.9 Å². The molecular weight excluding hydrogens is 256 g/mol. The summed E-state index contributed by atoms with van der Waals surface area (Å²) in [6, 6.07) is 0. The summed E-state index contributed by atoms with van der Waals surface area (Å²) in [4.78, 5) is 5.53. The number of thiazole rings is 1. The second-order valence-electron chi connectivity index (χ2n) is 3.89. The minimum atomic E-state index is -0.0334. The molecule has 0 spiro atoms. The van der Waals surface area contributed by atoms with Gasteiger partial charge in [-0.25, -0.2) is 4.98 Å². The Morgan fingerprint density at radius 2 is 2.35 bits per heavy atom. The molecule has 2 aromatic heterocycles. The molecule has 0 radical (unpaired) electrons. The highest BCUT2D eigenvalue weighted by molar-refractivity contribution is 7.09. The molecule has 2 heterocycles. The third kappa shape index (κ3) is 3.04. The molecule has 1 unspecified atom stereocenters. The number of nitrogens with zero attached hydrogens (tertiary/aromatic N) is 4. The summed E-state index contributed by atoms with van der Waals surface area (Å²) < 4.78 is 1.85. The van der Waals surface area contributed by atoms with Gasteiger partial charge in [0.05, 0.1) is 16.6 Å². The maximum atomic E-state index is 6.11. The highest BCUT2D eigenvalue weighted by Gasteiger charge is 2.10. The van der Waals surface area contributed by atoms with Crippen LogP contribution in [0.25, 0.3) is 0 Å². The number of halogens is 1. The number of aromatic nitrogens is 4. The molecule has 4 nitrogen and oxygen atoms in total. The lowest BCUT2D eigenvalue weighted by Gasteiger charge is -2.00. The van der Waals surface area contributed by atoms with Crippen molar-refractivity contribution in [3.63, 3.8) is 0 Å². The highest BCUT2D eigenvalue weighted by Crippen LogP contribution is 2.21. The van der Waals surface area contributed by atoms with E-state index in [2.05, 4.69) is 15.3 Å². The Balaban J connectivity index is 1.96. The van der Waals surface area contributed by atoms with Gasteiger partial charge in [0.25, 0.3) is 0 Å². The molecule has 2 rings (SSSR count). The minimum Gasteiger partial charge on any atom is -0.252 e. The first-order valence-corrected chi connectivity index (χ1v) is 6.95. The Kier molecular flexibility index (Phi) is 4.12. The number of aryl methyl sites for hydroxylation is 3. The largest absolute Gasteiger partial charge is 0.252 e. The number of hydrogen-bond acceptors (Lipinski definition) is 4. The lowest BCUT2D eigenvalue weighted by atomic mass is 10.2. The molecule has 0 aromatic carbocycles. The SMILES string of the molecule is CCC(Cl)c1cn(CCc2scnc2C)nn1. The molecule has 0 aliphatic heterocycles. The van der Waals surface area contributed by atoms with E-state index in [4.69, 9.17) is 11.6 Å². The smallest absolute Gasteiger partial charge is 0.100 e. The second-order valence-corrected chi connectivity index (χ2v) is 5.36. The van der Waals surface area contributed by atoms with Gasteiger partial charge in [0.1, 0.15) is 5.69 Å². The summed E-state index contributed by atoms with van der Waals surface area (Å²) in [6.07, 6.45) is 3.74. The Bertz CT molecular complexity index is 479. The molecule has 92 valence electrons. The van der Waals surface area contributed by atoms with Gasteiger partial charge in [-0.05, 0) is 13.3 Å². The van der Waals surface area contributed by atoms with E-state index in [0.717, 1.165) is 30.8 Å². The predicted octanol–water partition coefficient (Wildman–Crippen LogP) is 2.98. The molecule has 0 N–H and O–H groups in total. The van der Waals surface area contributed by atoms with Gasteiger partial charge in [0, 0.05) is 24.0 Å². The standard InChI is InChI=1S/C11H15ClN4S/c1-3-9(12)10-6-16(15-14-10)5-4-11-8(2)13-7-17-11/h6-7,9H,3-5H2,1-2H3. The van der Waals surface area contributed by atoms with Crippen LogP contribution in [0.15, 0.2) is 11.7 Å². The van der Waals surface area contributed by atoms with Crippen LogP contribution in [0.1, 0.15) is 35.0 Å². The lowest BCUT2D eigenvalue weighted by Crippen LogP contribution is -2.01. The third-order valence-corrected chi connectivity index (χ3v) is 4.18. The van der Waals surface area contributed by atoms with Crippen LogP contribution in [0.4, 0.5) is 0 Å². The summed E-state index contributed by atoms with van der Waals surface area (Å²) in [5.74, 6) is 0. The van der Waals surface area contributed by atoms with E-state index >= 15 is 0 Å². The van der Waals surface area contributed by atoms with E-state index in [1.807, 2.05) is 30.2 Å². The summed E-state index contributed by atoms with van der Waals surface area (Å²) in [5, 5.41) is 8.13. The monoisotopic (exact) mass is 270 g/mol. The van der Waals surface area contributed by atoms with E-state index in [-0.39, 0.29) is 5.38 Å². The third-order valence-electron chi connectivity index (χ3n) is 2.65. The first kappa shape index (κ1) is 12.5. The van der Waals surface area contributed by atoms with Gasteiger partial charge in [-0.15, -0.1) is 28.0 Å². The van der Waals surface area contributed by atoms with Crippen molar-refractivity contribution in [3.8, 4) is 0 Å². The van der Waals surface area contributed by atoms with Gasteiger partial charge in [-0.2, -0.15) is 0 Å². The lowest BCUT2D eigenvalue weighted by molar-refractivity contribution is 0.590. The van der Waals surface area contributed by atoms with Crippen LogP contribution in [0.2, 0.25) is 0 Å². The summed E-state index contributed by atoms with van der Waals surface area (Å²) in [7, 11) is 0. The van der Waals surface area contributed by atoms with Gasteiger partial charge >= 0.3 is 0 Å². The molecule has 0 fully saturated rings. The van der Waals surface area contributed by atoms with Crippen LogP contribution in [0.3, 0.4) is 0 Å². The molecule has 0 bridgehead atoms. The normalized spacial score (nSPS) is 12.9. The summed E-state index contributed by atoms with van der Waals surface area (Å²) in [5.41, 5.74) is 3.85. The van der Waals surface area contributed by atoms with Crippen molar-refractivity contribution in [1.29, 1.82) is 0 Å². The van der Waals surface area contributed by atoms with Crippen LogP contribution >= 0.6 is 22.9 Å². The van der Waals surface area contributed by atoms with Crippen LogP contribution in [0.5, 0.6) is 0 Å². The van der Waals surface area contributed by atoms with Crippen LogP contribution in [0, 0.1) is 6.92 Å². The molecule has 0 aliphatic carbocycles. The topological polar surface area (TPSA) is 43.6 Å². The minimum absolute atomic E-state index is 0.0334. The van der Waals surface area contributed by atoms with Crippen molar-refractivity contribution in [2.75, 3.05) is 0 Å². The fraction of sp³-hybridized carbons (Fsp3) is 0.545. The zero-order valence-corrected chi connectivity index (χ0v) is 11.5. The molecule has 0 saturated carbocycles. The summed E-state index contributed by atoms with van der Waals surface area (Å²) in [6.45, 7) is 4.89. The van der Waals surface area contributed by atoms with Gasteiger partial charge < -0.3 is 0 Å². The number of rotatable bonds is 5. The van der Waals surface area contributed by atoms with Crippen molar-refractivity contribution in [3.05, 3.63) is 28.0 Å². The quantitative estimate of drug-likeness (QED) is 0.785. The Hall–Kier alpha value is -0.940. The molecule has 1 atom stereocenters. The maximum Gasteiger partial charge on any atom is 0.100 e. The van der Waals surface area contributed by atoms with Gasteiger partial charge in [-0.3, -0.25) is 4.68 Å². The molecule has 0 saturated heterocycles. The van der Waals surface area contributed by atoms with E-state index in [1.165, 1.54) is 4.88 Å². The fourth-order valence-corrected chi connectivity index (χ4v) is 2.43. The number of hydrogen-bond donors (Lipinski definition) is 0. The van der Waals surface area contributed by atoms with Crippen LogP contribution in [-0.2, 0) is 13.0 Å². The fourth-order valence-electron chi connectivity index (χ4n) is 1.56. The summed E-state index contributed by atoms with van der Waals surface area (Å²) >= 11 is 7.79. The van der Waals surface area contributed by atoms with Crippen molar-refractivity contribution in [2.24, 2.45) is 0 Å². The van der Waals surface area contributed by atoms with E-state index in [1.54, 1.807) is 11.3 Å². The van der Waals surface area contributed by atoms with Crippen molar-refractivity contribution < 1.29 is 0 Å². The van der Waals surface area contributed by atoms with Gasteiger partial charge in [-0.1, -0.05) is 12.1 Å². The van der Waals surface area contributed by atoms with E-state index < -0.39 is 0 Å². The molecule has 0 amide bonds. The molecular formula is C11H15ClN4S. The highest BCUT2D eigenvalue weighted by atomic mass is 35.5. The maximum absolute atomic E-state index is 6.11. The Morgan fingerprint density at radius 1 is 1.53 bits per heavy atom.